The van der Waals surface area contributed by atoms with Crippen LogP contribution in [0.3, 0.4) is 0 Å². The van der Waals surface area contributed by atoms with Crippen molar-refractivity contribution in [2.45, 2.75) is 31.6 Å². The number of aromatic nitrogens is 4. The van der Waals surface area contributed by atoms with Crippen molar-refractivity contribution in [1.29, 1.82) is 0 Å². The Bertz CT molecular complexity index is 1110. The van der Waals surface area contributed by atoms with Gasteiger partial charge in [0.1, 0.15) is 11.3 Å². The summed E-state index contributed by atoms with van der Waals surface area (Å²) in [5.74, 6) is 1.45. The van der Waals surface area contributed by atoms with Crippen LogP contribution < -0.4 is 4.74 Å². The highest BCUT2D eigenvalue weighted by atomic mass is 32.1. The smallest absolute Gasteiger partial charge is 0.121 e. The number of nitrogens with one attached hydrogen (secondary N) is 1. The summed E-state index contributed by atoms with van der Waals surface area (Å²) in [4.78, 5) is 2.59. The van der Waals surface area contributed by atoms with Crippen molar-refractivity contribution in [2.75, 3.05) is 26.7 Å². The van der Waals surface area contributed by atoms with Crippen LogP contribution in [0.25, 0.3) is 21.1 Å². The van der Waals surface area contributed by atoms with Gasteiger partial charge in [-0.1, -0.05) is 23.4 Å². The van der Waals surface area contributed by atoms with E-state index in [2.05, 4.69) is 50.6 Å². The maximum atomic E-state index is 5.42. The average molecular weight is 408 g/mol. The number of piperidine rings is 1. The van der Waals surface area contributed by atoms with Crippen molar-refractivity contribution in [3.05, 3.63) is 47.7 Å². The van der Waals surface area contributed by atoms with E-state index in [1.54, 1.807) is 18.6 Å². The fourth-order valence-corrected chi connectivity index (χ4v) is 5.28. The van der Waals surface area contributed by atoms with Gasteiger partial charge in [0.25, 0.3) is 0 Å². The van der Waals surface area contributed by atoms with E-state index in [1.807, 2.05) is 6.07 Å². The van der Waals surface area contributed by atoms with Crippen LogP contribution in [0, 0.1) is 0 Å². The van der Waals surface area contributed by atoms with Crippen LogP contribution in [-0.2, 0) is 6.42 Å². The lowest BCUT2D eigenvalue weighted by molar-refractivity contribution is 0.209. The molecule has 0 bridgehead atoms. The molecule has 0 aliphatic carbocycles. The number of aryl methyl sites for hydroxylation is 1. The molecule has 2 aromatic carbocycles. The van der Waals surface area contributed by atoms with Crippen LogP contribution in [0.1, 0.15) is 36.4 Å². The molecule has 1 N–H and O–H groups in total. The van der Waals surface area contributed by atoms with E-state index in [9.17, 15) is 0 Å². The Morgan fingerprint density at radius 2 is 2.07 bits per heavy atom. The van der Waals surface area contributed by atoms with Crippen LogP contribution >= 0.6 is 11.5 Å². The molecule has 0 amide bonds. The molecule has 0 unspecified atom stereocenters. The summed E-state index contributed by atoms with van der Waals surface area (Å²) in [6.45, 7) is 3.41. The van der Waals surface area contributed by atoms with Crippen molar-refractivity contribution in [3.8, 4) is 5.75 Å². The largest absolute Gasteiger partial charge is 0.497 e. The maximum absolute atomic E-state index is 5.42. The molecule has 1 aliphatic rings. The number of ether oxygens (including phenoxy) is 1. The summed E-state index contributed by atoms with van der Waals surface area (Å²) in [6, 6.07) is 12.7. The first-order valence-corrected chi connectivity index (χ1v) is 11.0. The van der Waals surface area contributed by atoms with Crippen LogP contribution in [0.5, 0.6) is 5.75 Å². The second kappa shape index (κ2) is 8.08. The Labute approximate surface area is 174 Å². The molecular weight excluding hydrogens is 382 g/mol. The van der Waals surface area contributed by atoms with Gasteiger partial charge in [-0.15, -0.1) is 5.10 Å². The summed E-state index contributed by atoms with van der Waals surface area (Å²) in [5.41, 5.74) is 4.42. The van der Waals surface area contributed by atoms with Gasteiger partial charge in [-0.3, -0.25) is 5.10 Å². The Balaban J connectivity index is 1.17. The Morgan fingerprint density at radius 1 is 1.21 bits per heavy atom. The first kappa shape index (κ1) is 18.5. The predicted molar refractivity (Wildman–Crippen MR) is 117 cm³/mol. The number of benzene rings is 2. The molecule has 7 heteroatoms. The van der Waals surface area contributed by atoms with Gasteiger partial charge < -0.3 is 9.64 Å². The molecule has 0 radical (unpaired) electrons. The summed E-state index contributed by atoms with van der Waals surface area (Å²) in [5, 5.41) is 12.5. The lowest BCUT2D eigenvalue weighted by Gasteiger charge is -2.31. The number of fused-ring (bicyclic) bond motifs is 2. The van der Waals surface area contributed by atoms with Gasteiger partial charge in [0, 0.05) is 17.4 Å². The molecule has 1 fully saturated rings. The fraction of sp³-hybridized carbons (Fsp3) is 0.409. The molecule has 150 valence electrons. The Morgan fingerprint density at radius 3 is 2.93 bits per heavy atom. The third-order valence-corrected chi connectivity index (χ3v) is 6.86. The molecule has 29 heavy (non-hydrogen) atoms. The van der Waals surface area contributed by atoms with Crippen molar-refractivity contribution in [1.82, 2.24) is 24.7 Å². The minimum absolute atomic E-state index is 0.593. The van der Waals surface area contributed by atoms with E-state index in [0.29, 0.717) is 5.92 Å². The molecule has 2 aromatic heterocycles. The van der Waals surface area contributed by atoms with Gasteiger partial charge in [-0.05, 0) is 74.5 Å². The second-order valence-electron chi connectivity index (χ2n) is 7.78. The molecule has 5 rings (SSSR count). The highest BCUT2D eigenvalue weighted by Crippen LogP contribution is 2.34. The van der Waals surface area contributed by atoms with E-state index < -0.39 is 0 Å². The number of methoxy groups -OCH3 is 1. The number of H-pyrrole nitrogens is 1. The van der Waals surface area contributed by atoms with Gasteiger partial charge in [-0.2, -0.15) is 4.37 Å². The summed E-state index contributed by atoms with van der Waals surface area (Å²) < 4.78 is 11.5. The lowest BCUT2D eigenvalue weighted by Crippen LogP contribution is -2.34. The monoisotopic (exact) mass is 407 g/mol. The fourth-order valence-electron chi connectivity index (χ4n) is 4.43. The van der Waals surface area contributed by atoms with Gasteiger partial charge in [0.15, 0.2) is 0 Å². The summed E-state index contributed by atoms with van der Waals surface area (Å²) in [6.07, 6.45) is 4.48. The predicted octanol–water partition coefficient (Wildman–Crippen LogP) is 4.39. The van der Waals surface area contributed by atoms with Gasteiger partial charge in [0.05, 0.1) is 23.0 Å². The molecule has 4 aromatic rings. The summed E-state index contributed by atoms with van der Waals surface area (Å²) in [7, 11) is 1.70. The van der Waals surface area contributed by atoms with E-state index >= 15 is 0 Å². The zero-order valence-electron chi connectivity index (χ0n) is 16.6. The molecule has 0 atom stereocenters. The first-order valence-electron chi connectivity index (χ1n) is 10.3. The van der Waals surface area contributed by atoms with E-state index in [4.69, 9.17) is 9.11 Å². The van der Waals surface area contributed by atoms with Crippen molar-refractivity contribution < 1.29 is 4.74 Å². The second-order valence-corrected chi connectivity index (χ2v) is 8.58. The Hall–Kier alpha value is -2.51. The number of aromatic amines is 1. The number of hydrogen-bond donors (Lipinski definition) is 1. The molecule has 0 saturated carbocycles. The molecule has 0 spiro atoms. The molecule has 1 saturated heterocycles. The SMILES string of the molecule is COc1cc(CCCN2CCC(c3nsc4ccccc34)CC2)c2nn[nH]c2c1. The van der Waals surface area contributed by atoms with Crippen molar-refractivity contribution in [2.24, 2.45) is 0 Å². The highest BCUT2D eigenvalue weighted by Gasteiger charge is 2.23. The minimum atomic E-state index is 0.593. The quantitative estimate of drug-likeness (QED) is 0.513. The number of rotatable bonds is 6. The highest BCUT2D eigenvalue weighted by molar-refractivity contribution is 7.13. The Kier molecular flexibility index (Phi) is 5.16. The zero-order valence-corrected chi connectivity index (χ0v) is 17.4. The number of nitrogens with zero attached hydrogens (tertiary/aromatic N) is 4. The van der Waals surface area contributed by atoms with Crippen LogP contribution in [-0.4, -0.2) is 51.4 Å². The normalized spacial score (nSPS) is 16.0. The van der Waals surface area contributed by atoms with Crippen molar-refractivity contribution in [3.63, 3.8) is 0 Å². The molecule has 3 heterocycles. The standard InChI is InChI=1S/C22H25N5OS/c1-28-17-13-16(22-19(14-17)23-26-24-22)5-4-10-27-11-8-15(9-12-27)21-18-6-2-3-7-20(18)29-25-21/h2-3,6-7,13-15H,4-5,8-12H2,1H3,(H,23,24,26). The van der Waals surface area contributed by atoms with E-state index in [-0.39, 0.29) is 0 Å². The van der Waals surface area contributed by atoms with Gasteiger partial charge >= 0.3 is 0 Å². The van der Waals surface area contributed by atoms with E-state index in [0.717, 1.165) is 49.3 Å². The van der Waals surface area contributed by atoms with E-state index in [1.165, 1.54) is 34.2 Å². The maximum Gasteiger partial charge on any atom is 0.121 e. The topological polar surface area (TPSA) is 66.9 Å². The molecule has 6 nitrogen and oxygen atoms in total. The number of hydrogen-bond acceptors (Lipinski definition) is 6. The number of likely N-dealkylation sites (tertiary alicyclic amines) is 1. The zero-order chi connectivity index (χ0) is 19.6. The average Bonchev–Trinajstić information content (AvgIpc) is 3.41. The van der Waals surface area contributed by atoms with Crippen LogP contribution in [0.2, 0.25) is 0 Å². The first-order chi connectivity index (χ1) is 14.3. The lowest BCUT2D eigenvalue weighted by atomic mass is 9.91. The molecule has 1 aliphatic heterocycles. The van der Waals surface area contributed by atoms with Gasteiger partial charge in [-0.25, -0.2) is 0 Å². The summed E-state index contributed by atoms with van der Waals surface area (Å²) >= 11 is 1.64. The third kappa shape index (κ3) is 3.72. The van der Waals surface area contributed by atoms with Gasteiger partial charge in [0.2, 0.25) is 0 Å². The third-order valence-electron chi connectivity index (χ3n) is 6.02. The van der Waals surface area contributed by atoms with Crippen LogP contribution in [0.15, 0.2) is 36.4 Å². The van der Waals surface area contributed by atoms with Crippen molar-refractivity contribution >= 4 is 32.7 Å². The molecular formula is C22H25N5OS. The minimum Gasteiger partial charge on any atom is -0.497 e. The van der Waals surface area contributed by atoms with Crippen LogP contribution in [0.4, 0.5) is 0 Å².